The third kappa shape index (κ3) is 4.41. The third-order valence-corrected chi connectivity index (χ3v) is 4.89. The second kappa shape index (κ2) is 8.51. The zero-order chi connectivity index (χ0) is 22.8. The number of amides is 3. The Balaban J connectivity index is 3.06. The van der Waals surface area contributed by atoms with E-state index in [4.69, 9.17) is 20.3 Å². The maximum absolute atomic E-state index is 13.0. The number of hydrogen-bond acceptors (Lipinski definition) is 8. The molecule has 4 N–H and O–H groups in total. The lowest BCUT2D eigenvalue weighted by Gasteiger charge is -2.24. The molecular formula is C17H22N6O6S. The Labute approximate surface area is 173 Å². The number of carbonyl (C=O) groups is 2. The molecule has 2 aromatic rings. The summed E-state index contributed by atoms with van der Waals surface area (Å²) in [6.07, 6.45) is 0. The van der Waals surface area contributed by atoms with Gasteiger partial charge in [-0.3, -0.25) is 4.79 Å². The van der Waals surface area contributed by atoms with Crippen LogP contribution in [0.3, 0.4) is 0 Å². The van der Waals surface area contributed by atoms with Crippen LogP contribution in [-0.2, 0) is 10.2 Å². The van der Waals surface area contributed by atoms with E-state index in [2.05, 4.69) is 9.97 Å². The lowest BCUT2D eigenvalue weighted by atomic mass is 9.97. The minimum Gasteiger partial charge on any atom is -0.481 e. The van der Waals surface area contributed by atoms with Crippen LogP contribution in [0.5, 0.6) is 11.8 Å². The summed E-state index contributed by atoms with van der Waals surface area (Å²) in [5.41, 5.74) is 5.41. The standard InChI is InChI=1S/C17H22N6O6S/c1-9-6-7-10(23(17(18)25)30(19,26)27)14(13(9)16(24)22(2)3)15-20-11(28-4)8-12(21-15)29-5/h6-8H,1-5H3,(H2,18,25)(H2,19,26,27). The molecule has 162 valence electrons. The summed E-state index contributed by atoms with van der Waals surface area (Å²) in [6.45, 7) is 1.63. The number of primary amides is 1. The molecular weight excluding hydrogens is 416 g/mol. The lowest BCUT2D eigenvalue weighted by molar-refractivity contribution is 0.0827. The van der Waals surface area contributed by atoms with Gasteiger partial charge in [-0.15, -0.1) is 0 Å². The Morgan fingerprint density at radius 2 is 1.60 bits per heavy atom. The van der Waals surface area contributed by atoms with Gasteiger partial charge in [0.15, 0.2) is 5.82 Å². The fraction of sp³-hybridized carbons (Fsp3) is 0.294. The van der Waals surface area contributed by atoms with Crippen molar-refractivity contribution in [3.63, 3.8) is 0 Å². The number of methoxy groups -OCH3 is 2. The molecule has 12 nitrogen and oxygen atoms in total. The fourth-order valence-electron chi connectivity index (χ4n) is 2.70. The highest BCUT2D eigenvalue weighted by Gasteiger charge is 2.32. The van der Waals surface area contributed by atoms with Gasteiger partial charge in [0, 0.05) is 14.1 Å². The molecule has 13 heteroatoms. The first kappa shape index (κ1) is 22.8. The number of nitrogens with zero attached hydrogens (tertiary/aromatic N) is 4. The monoisotopic (exact) mass is 438 g/mol. The van der Waals surface area contributed by atoms with Gasteiger partial charge >= 0.3 is 16.2 Å². The van der Waals surface area contributed by atoms with Gasteiger partial charge in [0.25, 0.3) is 5.91 Å². The number of rotatable bonds is 6. The zero-order valence-electron chi connectivity index (χ0n) is 17.0. The van der Waals surface area contributed by atoms with Crippen LogP contribution in [0, 0.1) is 6.92 Å². The second-order valence-electron chi connectivity index (χ2n) is 6.28. The van der Waals surface area contributed by atoms with Gasteiger partial charge in [-0.2, -0.15) is 22.7 Å². The van der Waals surface area contributed by atoms with Gasteiger partial charge in [-0.05, 0) is 18.6 Å². The Hall–Kier alpha value is -3.45. The fourth-order valence-corrected chi connectivity index (χ4v) is 3.37. The van der Waals surface area contributed by atoms with E-state index in [-0.39, 0.29) is 38.7 Å². The number of urea groups is 1. The molecule has 1 aromatic carbocycles. The summed E-state index contributed by atoms with van der Waals surface area (Å²) < 4.78 is 34.7. The van der Waals surface area contributed by atoms with Crippen molar-refractivity contribution >= 4 is 27.8 Å². The predicted molar refractivity (Wildman–Crippen MR) is 108 cm³/mol. The molecule has 0 radical (unpaired) electrons. The van der Waals surface area contributed by atoms with Crippen molar-refractivity contribution in [3.05, 3.63) is 29.3 Å². The average Bonchev–Trinajstić information content (AvgIpc) is 2.66. The Kier molecular flexibility index (Phi) is 6.47. The predicted octanol–water partition coefficient (Wildman–Crippen LogP) is 0.260. The average molecular weight is 438 g/mol. The van der Waals surface area contributed by atoms with Gasteiger partial charge in [0.05, 0.1) is 37.1 Å². The van der Waals surface area contributed by atoms with E-state index in [1.54, 1.807) is 6.92 Å². The van der Waals surface area contributed by atoms with E-state index in [0.29, 0.717) is 5.56 Å². The normalized spacial score (nSPS) is 11.0. The molecule has 1 heterocycles. The molecule has 0 spiro atoms. The van der Waals surface area contributed by atoms with Crippen LogP contribution in [0.25, 0.3) is 11.4 Å². The highest BCUT2D eigenvalue weighted by atomic mass is 32.2. The van der Waals surface area contributed by atoms with Gasteiger partial charge in [0.2, 0.25) is 11.8 Å². The van der Waals surface area contributed by atoms with Crippen LogP contribution < -0.4 is 24.7 Å². The van der Waals surface area contributed by atoms with Crippen molar-refractivity contribution in [2.24, 2.45) is 10.9 Å². The molecule has 0 aliphatic carbocycles. The van der Waals surface area contributed by atoms with E-state index < -0.39 is 22.1 Å². The van der Waals surface area contributed by atoms with Crippen molar-refractivity contribution in [1.82, 2.24) is 14.9 Å². The van der Waals surface area contributed by atoms with E-state index in [1.807, 2.05) is 0 Å². The first-order valence-corrected chi connectivity index (χ1v) is 9.87. The van der Waals surface area contributed by atoms with Crippen LogP contribution in [0.2, 0.25) is 0 Å². The van der Waals surface area contributed by atoms with Crippen molar-refractivity contribution < 1.29 is 27.5 Å². The Bertz CT molecular complexity index is 1080. The van der Waals surface area contributed by atoms with Crippen LogP contribution >= 0.6 is 0 Å². The Morgan fingerprint density at radius 1 is 1.07 bits per heavy atom. The van der Waals surface area contributed by atoms with Crippen molar-refractivity contribution in [2.75, 3.05) is 32.6 Å². The lowest BCUT2D eigenvalue weighted by Crippen LogP contribution is -2.45. The molecule has 1 aromatic heterocycles. The number of hydrogen-bond donors (Lipinski definition) is 2. The quantitative estimate of drug-likeness (QED) is 0.646. The third-order valence-electron chi connectivity index (χ3n) is 4.01. The minimum atomic E-state index is -4.64. The number of carbonyl (C=O) groups excluding carboxylic acids is 2. The summed E-state index contributed by atoms with van der Waals surface area (Å²) in [4.78, 5) is 34.6. The maximum Gasteiger partial charge on any atom is 0.334 e. The van der Waals surface area contributed by atoms with Crippen molar-refractivity contribution in [1.29, 1.82) is 0 Å². The zero-order valence-corrected chi connectivity index (χ0v) is 17.8. The number of anilines is 1. The van der Waals surface area contributed by atoms with Crippen LogP contribution in [0.1, 0.15) is 15.9 Å². The molecule has 0 atom stereocenters. The van der Waals surface area contributed by atoms with Crippen LogP contribution in [-0.4, -0.2) is 63.5 Å². The molecule has 2 rings (SSSR count). The van der Waals surface area contributed by atoms with Crippen LogP contribution in [0.4, 0.5) is 10.5 Å². The van der Waals surface area contributed by atoms with E-state index >= 15 is 0 Å². The molecule has 3 amide bonds. The Morgan fingerprint density at radius 3 is 2.00 bits per heavy atom. The first-order chi connectivity index (χ1) is 13.9. The number of aromatic nitrogens is 2. The highest BCUT2D eigenvalue weighted by molar-refractivity contribution is 7.91. The van der Waals surface area contributed by atoms with Crippen LogP contribution in [0.15, 0.2) is 18.2 Å². The molecule has 30 heavy (non-hydrogen) atoms. The summed E-state index contributed by atoms with van der Waals surface area (Å²) >= 11 is 0. The maximum atomic E-state index is 13.0. The first-order valence-electron chi connectivity index (χ1n) is 8.37. The van der Waals surface area contributed by atoms with Gasteiger partial charge in [-0.1, -0.05) is 6.07 Å². The second-order valence-corrected chi connectivity index (χ2v) is 7.67. The molecule has 0 bridgehead atoms. The topological polar surface area (TPSA) is 171 Å². The number of ether oxygens (including phenoxy) is 2. The van der Waals surface area contributed by atoms with Gasteiger partial charge in [-0.25, -0.2) is 9.93 Å². The molecule has 0 aliphatic rings. The number of benzene rings is 1. The van der Waals surface area contributed by atoms with Crippen molar-refractivity contribution in [2.45, 2.75) is 6.92 Å². The smallest absolute Gasteiger partial charge is 0.334 e. The molecule has 0 fully saturated rings. The summed E-state index contributed by atoms with van der Waals surface area (Å²) in [5, 5.41) is 5.21. The molecule has 0 aliphatic heterocycles. The van der Waals surface area contributed by atoms with E-state index in [9.17, 15) is 18.0 Å². The summed E-state index contributed by atoms with van der Waals surface area (Å²) in [6, 6.07) is 2.74. The van der Waals surface area contributed by atoms with Gasteiger partial charge < -0.3 is 20.1 Å². The SMILES string of the molecule is COc1cc(OC)nc(-c2c(N(C(N)=O)S(N)(=O)=O)ccc(C)c2C(=O)N(C)C)n1. The summed E-state index contributed by atoms with van der Waals surface area (Å²) in [5.74, 6) is -0.471. The van der Waals surface area contributed by atoms with Gasteiger partial charge in [0.1, 0.15) is 0 Å². The molecule has 0 unspecified atom stereocenters. The number of aryl methyl sites for hydroxylation is 1. The van der Waals surface area contributed by atoms with Crippen molar-refractivity contribution in [3.8, 4) is 23.1 Å². The minimum absolute atomic E-state index is 0.0442. The summed E-state index contributed by atoms with van der Waals surface area (Å²) in [7, 11) is 1.09. The van der Waals surface area contributed by atoms with E-state index in [0.717, 1.165) is 0 Å². The van der Waals surface area contributed by atoms with E-state index in [1.165, 1.54) is 51.4 Å². The molecule has 0 saturated heterocycles. The molecule has 0 saturated carbocycles. The highest BCUT2D eigenvalue weighted by Crippen LogP contribution is 2.37. The number of nitrogens with two attached hydrogens (primary N) is 2. The largest absolute Gasteiger partial charge is 0.481 e.